The van der Waals surface area contributed by atoms with Crippen molar-refractivity contribution in [3.05, 3.63) is 64.9 Å². The Morgan fingerprint density at radius 1 is 1.23 bits per heavy atom. The third-order valence-electron chi connectivity index (χ3n) is 4.51. The summed E-state index contributed by atoms with van der Waals surface area (Å²) < 4.78 is 5.47. The summed E-state index contributed by atoms with van der Waals surface area (Å²) in [7, 11) is 0. The molecule has 1 N–H and O–H groups in total. The van der Waals surface area contributed by atoms with E-state index in [0.717, 1.165) is 16.0 Å². The number of imide groups is 1. The van der Waals surface area contributed by atoms with Gasteiger partial charge in [0.2, 0.25) is 5.89 Å². The Morgan fingerprint density at radius 2 is 2.00 bits per heavy atom. The largest absolute Gasteiger partial charge is 0.443 e. The number of urea groups is 1. The number of amides is 3. The van der Waals surface area contributed by atoms with Crippen molar-refractivity contribution in [3.8, 4) is 10.8 Å². The minimum absolute atomic E-state index is 0.0704. The molecule has 1 aromatic carbocycles. The van der Waals surface area contributed by atoms with E-state index in [1.807, 2.05) is 48.7 Å². The molecule has 7 heteroatoms. The SMILES string of the molecule is Cc1ccc(C2(C)NC(=O)N(Cc3coc(-c4cccs4)n3)C2=O)cc1. The summed E-state index contributed by atoms with van der Waals surface area (Å²) in [5.41, 5.74) is 1.30. The fourth-order valence-corrected chi connectivity index (χ4v) is 3.63. The first kappa shape index (κ1) is 16.5. The lowest BCUT2D eigenvalue weighted by molar-refractivity contribution is -0.131. The summed E-state index contributed by atoms with van der Waals surface area (Å²) in [5.74, 6) is 0.190. The zero-order valence-electron chi connectivity index (χ0n) is 14.4. The number of aryl methyl sites for hydroxylation is 1. The minimum Gasteiger partial charge on any atom is -0.443 e. The van der Waals surface area contributed by atoms with Gasteiger partial charge in [-0.3, -0.25) is 9.69 Å². The Balaban J connectivity index is 1.57. The number of hydrogen-bond acceptors (Lipinski definition) is 5. The molecule has 6 nitrogen and oxygen atoms in total. The number of oxazole rings is 1. The number of thiophene rings is 1. The molecule has 0 aliphatic carbocycles. The Morgan fingerprint density at radius 3 is 2.69 bits per heavy atom. The lowest BCUT2D eigenvalue weighted by Crippen LogP contribution is -2.40. The van der Waals surface area contributed by atoms with Gasteiger partial charge in [-0.25, -0.2) is 9.78 Å². The molecule has 3 amide bonds. The molecule has 4 rings (SSSR count). The quantitative estimate of drug-likeness (QED) is 0.714. The van der Waals surface area contributed by atoms with E-state index in [9.17, 15) is 9.59 Å². The second-order valence-electron chi connectivity index (χ2n) is 6.43. The molecule has 0 radical (unpaired) electrons. The van der Waals surface area contributed by atoms with Gasteiger partial charge in [0.15, 0.2) is 0 Å². The maximum absolute atomic E-state index is 12.9. The van der Waals surface area contributed by atoms with Gasteiger partial charge in [-0.2, -0.15) is 0 Å². The summed E-state index contributed by atoms with van der Waals surface area (Å²) in [5, 5.41) is 4.74. The number of nitrogens with one attached hydrogen (secondary N) is 1. The first-order chi connectivity index (χ1) is 12.5. The van der Waals surface area contributed by atoms with Crippen molar-refractivity contribution >= 4 is 23.3 Å². The fourth-order valence-electron chi connectivity index (χ4n) is 2.98. The summed E-state index contributed by atoms with van der Waals surface area (Å²) in [6.07, 6.45) is 1.48. The van der Waals surface area contributed by atoms with Crippen LogP contribution < -0.4 is 5.32 Å². The monoisotopic (exact) mass is 367 g/mol. The van der Waals surface area contributed by atoms with Crippen molar-refractivity contribution in [1.82, 2.24) is 15.2 Å². The first-order valence-electron chi connectivity index (χ1n) is 8.17. The van der Waals surface area contributed by atoms with Crippen molar-refractivity contribution in [2.24, 2.45) is 0 Å². The van der Waals surface area contributed by atoms with Crippen LogP contribution in [0.2, 0.25) is 0 Å². The molecular formula is C19H17N3O3S. The Bertz CT molecular complexity index is 962. The summed E-state index contributed by atoms with van der Waals surface area (Å²) in [6.45, 7) is 3.77. The van der Waals surface area contributed by atoms with E-state index in [0.29, 0.717) is 11.6 Å². The van der Waals surface area contributed by atoms with E-state index in [-0.39, 0.29) is 12.5 Å². The van der Waals surface area contributed by atoms with Crippen LogP contribution in [0.1, 0.15) is 23.7 Å². The minimum atomic E-state index is -1.08. The molecule has 2 aromatic heterocycles. The predicted octanol–water partition coefficient (Wildman–Crippen LogP) is 3.68. The van der Waals surface area contributed by atoms with E-state index < -0.39 is 11.6 Å². The summed E-state index contributed by atoms with van der Waals surface area (Å²) in [6, 6.07) is 11.0. The molecule has 132 valence electrons. The average Bonchev–Trinajstić information content (AvgIpc) is 3.34. The van der Waals surface area contributed by atoms with E-state index in [2.05, 4.69) is 10.3 Å². The van der Waals surface area contributed by atoms with Crippen LogP contribution in [0.4, 0.5) is 4.79 Å². The second kappa shape index (κ2) is 6.10. The van der Waals surface area contributed by atoms with Crippen LogP contribution in [0.15, 0.2) is 52.5 Å². The van der Waals surface area contributed by atoms with Crippen LogP contribution in [-0.4, -0.2) is 21.8 Å². The predicted molar refractivity (Wildman–Crippen MR) is 97.4 cm³/mol. The van der Waals surface area contributed by atoms with Gasteiger partial charge in [-0.1, -0.05) is 35.9 Å². The molecule has 1 atom stereocenters. The van der Waals surface area contributed by atoms with Gasteiger partial charge < -0.3 is 9.73 Å². The molecule has 1 aliphatic rings. The topological polar surface area (TPSA) is 75.4 Å². The average molecular weight is 367 g/mol. The normalized spacial score (nSPS) is 19.8. The third kappa shape index (κ3) is 2.70. The molecule has 3 aromatic rings. The highest BCUT2D eigenvalue weighted by molar-refractivity contribution is 7.13. The van der Waals surface area contributed by atoms with Gasteiger partial charge in [0.1, 0.15) is 11.8 Å². The summed E-state index contributed by atoms with van der Waals surface area (Å²) >= 11 is 1.52. The maximum atomic E-state index is 12.9. The fraction of sp³-hybridized carbons (Fsp3) is 0.211. The first-order valence-corrected chi connectivity index (χ1v) is 9.05. The van der Waals surface area contributed by atoms with Gasteiger partial charge in [0, 0.05) is 0 Å². The van der Waals surface area contributed by atoms with Crippen molar-refractivity contribution in [1.29, 1.82) is 0 Å². The summed E-state index contributed by atoms with van der Waals surface area (Å²) in [4.78, 5) is 31.8. The number of carbonyl (C=O) groups is 2. The lowest BCUT2D eigenvalue weighted by Gasteiger charge is -2.22. The van der Waals surface area contributed by atoms with Crippen LogP contribution in [0, 0.1) is 6.92 Å². The maximum Gasteiger partial charge on any atom is 0.325 e. The molecule has 1 fully saturated rings. The van der Waals surface area contributed by atoms with E-state index in [4.69, 9.17) is 4.42 Å². The number of carbonyl (C=O) groups excluding carboxylic acids is 2. The van der Waals surface area contributed by atoms with Crippen LogP contribution in [0.3, 0.4) is 0 Å². The van der Waals surface area contributed by atoms with Crippen LogP contribution in [-0.2, 0) is 16.9 Å². The van der Waals surface area contributed by atoms with Crippen molar-refractivity contribution in [2.45, 2.75) is 25.9 Å². The second-order valence-corrected chi connectivity index (χ2v) is 7.38. The molecular weight excluding hydrogens is 350 g/mol. The zero-order valence-corrected chi connectivity index (χ0v) is 15.2. The van der Waals surface area contributed by atoms with E-state index in [1.54, 1.807) is 6.92 Å². The lowest BCUT2D eigenvalue weighted by atomic mass is 9.91. The van der Waals surface area contributed by atoms with Crippen LogP contribution >= 0.6 is 11.3 Å². The molecule has 0 bridgehead atoms. The third-order valence-corrected chi connectivity index (χ3v) is 5.37. The van der Waals surface area contributed by atoms with Crippen molar-refractivity contribution < 1.29 is 14.0 Å². The Kier molecular flexibility index (Phi) is 3.88. The Hall–Kier alpha value is -2.93. The smallest absolute Gasteiger partial charge is 0.325 e. The van der Waals surface area contributed by atoms with Gasteiger partial charge in [-0.15, -0.1) is 11.3 Å². The molecule has 1 unspecified atom stereocenters. The van der Waals surface area contributed by atoms with Crippen molar-refractivity contribution in [3.63, 3.8) is 0 Å². The molecule has 26 heavy (non-hydrogen) atoms. The number of nitrogens with zero attached hydrogens (tertiary/aromatic N) is 2. The van der Waals surface area contributed by atoms with Crippen LogP contribution in [0.25, 0.3) is 10.8 Å². The van der Waals surface area contributed by atoms with Gasteiger partial charge in [0.05, 0.1) is 17.1 Å². The van der Waals surface area contributed by atoms with Crippen LogP contribution in [0.5, 0.6) is 0 Å². The molecule has 1 saturated heterocycles. The highest BCUT2D eigenvalue weighted by Crippen LogP contribution is 2.30. The number of benzene rings is 1. The van der Waals surface area contributed by atoms with E-state index in [1.165, 1.54) is 22.5 Å². The highest BCUT2D eigenvalue weighted by Gasteiger charge is 2.49. The molecule has 3 heterocycles. The van der Waals surface area contributed by atoms with Crippen molar-refractivity contribution in [2.75, 3.05) is 0 Å². The highest BCUT2D eigenvalue weighted by atomic mass is 32.1. The van der Waals surface area contributed by atoms with Gasteiger partial charge >= 0.3 is 6.03 Å². The standard InChI is InChI=1S/C19H17N3O3S/c1-12-5-7-13(8-6-12)19(2)17(23)22(18(24)21-19)10-14-11-25-16(20-14)15-4-3-9-26-15/h3-9,11H,10H2,1-2H3,(H,21,24). The van der Waals surface area contributed by atoms with Gasteiger partial charge in [0.25, 0.3) is 5.91 Å². The number of hydrogen-bond donors (Lipinski definition) is 1. The van der Waals surface area contributed by atoms with E-state index >= 15 is 0 Å². The molecule has 1 aliphatic heterocycles. The Labute approximate surface area is 154 Å². The molecule has 0 spiro atoms. The number of aromatic nitrogens is 1. The number of rotatable bonds is 4. The zero-order chi connectivity index (χ0) is 18.3. The molecule has 0 saturated carbocycles. The van der Waals surface area contributed by atoms with Gasteiger partial charge in [-0.05, 0) is 30.9 Å².